The third kappa shape index (κ3) is 4.58. The highest BCUT2D eigenvalue weighted by atomic mass is 16.5. The van der Waals surface area contributed by atoms with Crippen LogP contribution < -0.4 is 5.32 Å². The number of amides is 1. The van der Waals surface area contributed by atoms with Crippen molar-refractivity contribution in [2.24, 2.45) is 0 Å². The van der Waals surface area contributed by atoms with Crippen molar-refractivity contribution in [1.29, 1.82) is 0 Å². The van der Waals surface area contributed by atoms with Gasteiger partial charge in [0.1, 0.15) is 11.5 Å². The molecule has 0 radical (unpaired) electrons. The third-order valence-corrected chi connectivity index (χ3v) is 5.30. The van der Waals surface area contributed by atoms with Crippen molar-refractivity contribution in [3.63, 3.8) is 0 Å². The SMILES string of the molecule is C=C(C)C[C@@H](NC(=O)C(c1ccccc1)(c1ccccc1)c1ccccc1)C(=O)OC. The molecule has 0 fully saturated rings. The van der Waals surface area contributed by atoms with Gasteiger partial charge in [0.25, 0.3) is 0 Å². The van der Waals surface area contributed by atoms with Crippen LogP contribution in [-0.4, -0.2) is 25.0 Å². The van der Waals surface area contributed by atoms with Gasteiger partial charge in [-0.2, -0.15) is 0 Å². The van der Waals surface area contributed by atoms with Gasteiger partial charge in [-0.25, -0.2) is 4.79 Å². The number of hydrogen-bond acceptors (Lipinski definition) is 3. The van der Waals surface area contributed by atoms with Crippen LogP contribution in [-0.2, 0) is 19.7 Å². The molecule has 3 rings (SSSR count). The summed E-state index contributed by atoms with van der Waals surface area (Å²) in [6.45, 7) is 5.72. The second kappa shape index (κ2) is 9.90. The summed E-state index contributed by atoms with van der Waals surface area (Å²) in [5.41, 5.74) is 2.06. The van der Waals surface area contributed by atoms with E-state index in [0.717, 1.165) is 22.3 Å². The van der Waals surface area contributed by atoms with E-state index < -0.39 is 17.4 Å². The number of carbonyl (C=O) groups is 2. The summed E-state index contributed by atoms with van der Waals surface area (Å²) in [7, 11) is 1.32. The summed E-state index contributed by atoms with van der Waals surface area (Å²) in [6, 6.07) is 28.0. The summed E-state index contributed by atoms with van der Waals surface area (Å²) in [5, 5.41) is 2.96. The highest BCUT2D eigenvalue weighted by Gasteiger charge is 2.45. The summed E-state index contributed by atoms with van der Waals surface area (Å²) in [6.07, 6.45) is 0.298. The van der Waals surface area contributed by atoms with Crippen LogP contribution in [0.25, 0.3) is 0 Å². The monoisotopic (exact) mass is 413 g/mol. The molecule has 3 aromatic carbocycles. The third-order valence-electron chi connectivity index (χ3n) is 5.30. The van der Waals surface area contributed by atoms with E-state index in [1.54, 1.807) is 0 Å². The van der Waals surface area contributed by atoms with E-state index in [1.165, 1.54) is 7.11 Å². The van der Waals surface area contributed by atoms with Crippen LogP contribution in [0.4, 0.5) is 0 Å². The molecule has 1 atom stereocenters. The minimum Gasteiger partial charge on any atom is -0.467 e. The van der Waals surface area contributed by atoms with Gasteiger partial charge in [0, 0.05) is 0 Å². The predicted molar refractivity (Wildman–Crippen MR) is 123 cm³/mol. The molecule has 0 saturated carbocycles. The fourth-order valence-corrected chi connectivity index (χ4v) is 3.91. The average molecular weight is 414 g/mol. The number of ether oxygens (including phenoxy) is 1. The number of nitrogens with one attached hydrogen (secondary N) is 1. The molecule has 4 heteroatoms. The first-order valence-electron chi connectivity index (χ1n) is 10.2. The van der Waals surface area contributed by atoms with E-state index in [-0.39, 0.29) is 5.91 Å². The molecule has 0 aliphatic rings. The first-order valence-corrected chi connectivity index (χ1v) is 10.2. The number of hydrogen-bond donors (Lipinski definition) is 1. The highest BCUT2D eigenvalue weighted by molar-refractivity contribution is 5.98. The van der Waals surface area contributed by atoms with E-state index in [1.807, 2.05) is 97.9 Å². The van der Waals surface area contributed by atoms with Crippen molar-refractivity contribution in [2.75, 3.05) is 7.11 Å². The Morgan fingerprint density at radius 3 is 1.55 bits per heavy atom. The summed E-state index contributed by atoms with van der Waals surface area (Å²) >= 11 is 0. The maximum atomic E-state index is 14.1. The van der Waals surface area contributed by atoms with Crippen LogP contribution in [0.5, 0.6) is 0 Å². The Bertz CT molecular complexity index is 933. The Balaban J connectivity index is 2.23. The van der Waals surface area contributed by atoms with Crippen LogP contribution >= 0.6 is 0 Å². The molecule has 1 N–H and O–H groups in total. The van der Waals surface area contributed by atoms with Gasteiger partial charge in [-0.3, -0.25) is 4.79 Å². The Hall–Kier alpha value is -3.66. The van der Waals surface area contributed by atoms with Gasteiger partial charge in [-0.1, -0.05) is 96.6 Å². The van der Waals surface area contributed by atoms with Crippen LogP contribution in [0.2, 0.25) is 0 Å². The number of rotatable bonds is 8. The van der Waals surface area contributed by atoms with Crippen molar-refractivity contribution < 1.29 is 14.3 Å². The lowest BCUT2D eigenvalue weighted by Gasteiger charge is -2.35. The Kier molecular flexibility index (Phi) is 7.03. The van der Waals surface area contributed by atoms with Gasteiger partial charge in [0.05, 0.1) is 7.11 Å². The largest absolute Gasteiger partial charge is 0.467 e. The topological polar surface area (TPSA) is 55.4 Å². The Morgan fingerprint density at radius 2 is 1.23 bits per heavy atom. The molecule has 0 aromatic heterocycles. The molecule has 31 heavy (non-hydrogen) atoms. The smallest absolute Gasteiger partial charge is 0.328 e. The first-order chi connectivity index (χ1) is 15.0. The van der Waals surface area contributed by atoms with Crippen molar-refractivity contribution in [2.45, 2.75) is 24.8 Å². The summed E-state index contributed by atoms with van der Waals surface area (Å²) in [4.78, 5) is 26.6. The Labute approximate surface area is 183 Å². The van der Waals surface area contributed by atoms with Gasteiger partial charge in [-0.05, 0) is 30.0 Å². The number of benzene rings is 3. The van der Waals surface area contributed by atoms with E-state index in [2.05, 4.69) is 11.9 Å². The fourth-order valence-electron chi connectivity index (χ4n) is 3.91. The maximum Gasteiger partial charge on any atom is 0.328 e. The molecule has 0 spiro atoms. The zero-order valence-electron chi connectivity index (χ0n) is 17.9. The van der Waals surface area contributed by atoms with E-state index in [9.17, 15) is 9.59 Å². The zero-order valence-corrected chi connectivity index (χ0v) is 17.9. The van der Waals surface area contributed by atoms with Crippen LogP contribution in [0, 0.1) is 0 Å². The maximum absolute atomic E-state index is 14.1. The second-order valence-electron chi connectivity index (χ2n) is 7.56. The van der Waals surface area contributed by atoms with Crippen molar-refractivity contribution in [3.05, 3.63) is 120 Å². The standard InChI is InChI=1S/C27H27NO3/c1-20(2)19-24(25(29)31-3)28-26(30)27(21-13-7-4-8-14-21,22-15-9-5-10-16-22)23-17-11-6-12-18-23/h4-18,24H,1,19H2,2-3H3,(H,28,30)/t24-/m1/s1. The Morgan fingerprint density at radius 1 is 0.839 bits per heavy atom. The minimum atomic E-state index is -1.15. The van der Waals surface area contributed by atoms with Gasteiger partial charge < -0.3 is 10.1 Å². The number of esters is 1. The molecule has 0 bridgehead atoms. The van der Waals surface area contributed by atoms with Crippen LogP contribution in [0.3, 0.4) is 0 Å². The van der Waals surface area contributed by atoms with Gasteiger partial charge in [0.2, 0.25) is 5.91 Å². The highest BCUT2D eigenvalue weighted by Crippen LogP contribution is 2.39. The molecule has 158 valence electrons. The zero-order chi connectivity index (χ0) is 22.3. The average Bonchev–Trinajstić information content (AvgIpc) is 2.80. The van der Waals surface area contributed by atoms with E-state index in [0.29, 0.717) is 6.42 Å². The molecule has 0 heterocycles. The van der Waals surface area contributed by atoms with Crippen LogP contribution in [0.1, 0.15) is 30.0 Å². The number of carbonyl (C=O) groups excluding carboxylic acids is 2. The van der Waals surface area contributed by atoms with Gasteiger partial charge in [0.15, 0.2) is 0 Å². The first kappa shape index (κ1) is 22.0. The lowest BCUT2D eigenvalue weighted by molar-refractivity contribution is -0.145. The second-order valence-corrected chi connectivity index (χ2v) is 7.56. The fraction of sp³-hybridized carbons (Fsp3) is 0.185. The molecule has 4 nitrogen and oxygen atoms in total. The lowest BCUT2D eigenvalue weighted by atomic mass is 9.68. The van der Waals surface area contributed by atoms with Crippen LogP contribution in [0.15, 0.2) is 103 Å². The van der Waals surface area contributed by atoms with Crippen molar-refractivity contribution >= 4 is 11.9 Å². The molecule has 0 unspecified atom stereocenters. The molecule has 0 aliphatic carbocycles. The lowest BCUT2D eigenvalue weighted by Crippen LogP contribution is -2.52. The van der Waals surface area contributed by atoms with Gasteiger partial charge in [-0.15, -0.1) is 6.58 Å². The molecule has 0 saturated heterocycles. The normalized spacial score (nSPS) is 11.9. The van der Waals surface area contributed by atoms with Gasteiger partial charge >= 0.3 is 5.97 Å². The van der Waals surface area contributed by atoms with E-state index >= 15 is 0 Å². The molecular weight excluding hydrogens is 386 g/mol. The summed E-state index contributed by atoms with van der Waals surface area (Å²) < 4.78 is 4.95. The molecule has 0 aliphatic heterocycles. The summed E-state index contributed by atoms with van der Waals surface area (Å²) in [5.74, 6) is -0.799. The molecule has 1 amide bonds. The minimum absolute atomic E-state index is 0.298. The van der Waals surface area contributed by atoms with E-state index in [4.69, 9.17) is 4.74 Å². The van der Waals surface area contributed by atoms with Crippen molar-refractivity contribution in [3.8, 4) is 0 Å². The number of methoxy groups -OCH3 is 1. The molecule has 3 aromatic rings. The molecular formula is C27H27NO3. The quantitative estimate of drug-likeness (QED) is 0.332. The predicted octanol–water partition coefficient (Wildman–Crippen LogP) is 4.65. The van der Waals surface area contributed by atoms with Crippen molar-refractivity contribution in [1.82, 2.24) is 5.32 Å².